The average molecular weight is 1400 g/mol. The molecule has 0 aromatic heterocycles. The molecule has 96 heavy (non-hydrogen) atoms. The largest absolute Gasteiger partial charge is 0.472 e. The van der Waals surface area contributed by atoms with Crippen molar-refractivity contribution in [3.63, 3.8) is 0 Å². The number of carbonyl (C=O) groups is 4. The third kappa shape index (κ3) is 69.7. The number of hydrogen-bond acceptors (Lipinski definition) is 15. The summed E-state index contributed by atoms with van der Waals surface area (Å²) < 4.78 is 68.5. The molecule has 5 atom stereocenters. The molecular formula is C77H144O17P2. The van der Waals surface area contributed by atoms with Crippen LogP contribution in [-0.4, -0.2) is 96.7 Å². The Bertz CT molecular complexity index is 1970. The van der Waals surface area contributed by atoms with Crippen LogP contribution in [0.5, 0.6) is 0 Å². The number of esters is 4. The molecule has 3 N–H and O–H groups in total. The standard InChI is InChI=1S/C77H144O17P2/c1-5-9-13-17-21-25-29-33-35-39-42-46-50-54-58-62-75(80)88-68-72(93-76(81)63-59-55-51-47-43-38-32-28-24-20-16-12-8-4)69-91-95(83,84)89-65-71(78)66-90-96(85,86)92-70-73(67-87-74(79)61-57-53-49-45-41-37-31-27-23-19-15-11-7-3)94-77(82)64-60-56-52-48-44-40-36-34-30-26-22-18-14-10-6-2/h25,27-29,31-32,71-73,78H,5-24,26,30,33-70H2,1-4H3,(H,83,84)(H,85,86)/b29-25-,31-27-,32-28-/t71-,72-,73-/m1/s1. The fourth-order valence-electron chi connectivity index (χ4n) is 11.0. The van der Waals surface area contributed by atoms with E-state index in [0.717, 1.165) is 141 Å². The first-order chi connectivity index (χ1) is 46.7. The third-order valence-electron chi connectivity index (χ3n) is 17.1. The summed E-state index contributed by atoms with van der Waals surface area (Å²) in [4.78, 5) is 72.8. The molecular weight excluding hydrogens is 1260 g/mol. The van der Waals surface area contributed by atoms with Crippen molar-refractivity contribution in [1.82, 2.24) is 0 Å². The van der Waals surface area contributed by atoms with Crippen LogP contribution in [0.2, 0.25) is 0 Å². The van der Waals surface area contributed by atoms with Crippen LogP contribution < -0.4 is 0 Å². The van der Waals surface area contributed by atoms with Gasteiger partial charge in [0.2, 0.25) is 0 Å². The molecule has 0 saturated carbocycles. The van der Waals surface area contributed by atoms with Gasteiger partial charge in [0.05, 0.1) is 26.4 Å². The minimum atomic E-state index is -4.97. The van der Waals surface area contributed by atoms with E-state index in [1.54, 1.807) is 0 Å². The predicted octanol–water partition coefficient (Wildman–Crippen LogP) is 22.3. The van der Waals surface area contributed by atoms with E-state index in [-0.39, 0.29) is 25.7 Å². The summed E-state index contributed by atoms with van der Waals surface area (Å²) in [5.74, 6) is -2.16. The van der Waals surface area contributed by atoms with Crippen molar-refractivity contribution >= 4 is 39.5 Å². The summed E-state index contributed by atoms with van der Waals surface area (Å²) in [5.41, 5.74) is 0. The van der Waals surface area contributed by atoms with Gasteiger partial charge < -0.3 is 33.8 Å². The van der Waals surface area contributed by atoms with Crippen molar-refractivity contribution in [1.29, 1.82) is 0 Å². The van der Waals surface area contributed by atoms with Crippen molar-refractivity contribution in [2.75, 3.05) is 39.6 Å². The van der Waals surface area contributed by atoms with Crippen LogP contribution in [0.15, 0.2) is 36.5 Å². The van der Waals surface area contributed by atoms with Gasteiger partial charge in [-0.05, 0) is 103 Å². The van der Waals surface area contributed by atoms with E-state index in [1.807, 2.05) is 0 Å². The van der Waals surface area contributed by atoms with Gasteiger partial charge in [0, 0.05) is 25.7 Å². The maximum Gasteiger partial charge on any atom is 0.472 e. The Hall–Kier alpha value is -2.72. The maximum absolute atomic E-state index is 13.1. The molecule has 0 spiro atoms. The van der Waals surface area contributed by atoms with Crippen molar-refractivity contribution in [3.8, 4) is 0 Å². The molecule has 2 unspecified atom stereocenters. The molecule has 0 aromatic rings. The molecule has 564 valence electrons. The lowest BCUT2D eigenvalue weighted by molar-refractivity contribution is -0.161. The van der Waals surface area contributed by atoms with Crippen LogP contribution >= 0.6 is 15.6 Å². The molecule has 0 radical (unpaired) electrons. The fourth-order valence-corrected chi connectivity index (χ4v) is 12.6. The number of hydrogen-bond donors (Lipinski definition) is 3. The number of unbranched alkanes of at least 4 members (excludes halogenated alkanes) is 43. The average Bonchev–Trinajstić information content (AvgIpc) is 1.17. The molecule has 0 aromatic carbocycles. The number of ether oxygens (including phenoxy) is 4. The Labute approximate surface area is 585 Å². The van der Waals surface area contributed by atoms with E-state index in [4.69, 9.17) is 37.0 Å². The lowest BCUT2D eigenvalue weighted by Gasteiger charge is -2.21. The first kappa shape index (κ1) is 93.3. The Morgan fingerprint density at radius 1 is 0.281 bits per heavy atom. The molecule has 0 bridgehead atoms. The van der Waals surface area contributed by atoms with Crippen LogP contribution in [-0.2, 0) is 65.4 Å². The van der Waals surface area contributed by atoms with Gasteiger partial charge in [-0.2, -0.15) is 0 Å². The smallest absolute Gasteiger partial charge is 0.462 e. The van der Waals surface area contributed by atoms with Gasteiger partial charge in [-0.15, -0.1) is 0 Å². The highest BCUT2D eigenvalue weighted by Crippen LogP contribution is 2.45. The van der Waals surface area contributed by atoms with Gasteiger partial charge in [-0.1, -0.05) is 282 Å². The highest BCUT2D eigenvalue weighted by atomic mass is 31.2. The second-order valence-corrected chi connectivity index (χ2v) is 29.6. The highest BCUT2D eigenvalue weighted by molar-refractivity contribution is 7.47. The monoisotopic (exact) mass is 1400 g/mol. The second kappa shape index (κ2) is 70.7. The number of rotatable bonds is 75. The number of aliphatic hydroxyl groups is 1. The third-order valence-corrected chi connectivity index (χ3v) is 19.0. The fraction of sp³-hybridized carbons (Fsp3) is 0.870. The molecule has 0 saturated heterocycles. The predicted molar refractivity (Wildman–Crippen MR) is 391 cm³/mol. The van der Waals surface area contributed by atoms with Gasteiger partial charge in [-0.25, -0.2) is 9.13 Å². The maximum atomic E-state index is 13.1. The number of phosphoric acid groups is 2. The van der Waals surface area contributed by atoms with E-state index in [2.05, 4.69) is 64.2 Å². The number of carbonyl (C=O) groups excluding carboxylic acids is 4. The second-order valence-electron chi connectivity index (χ2n) is 26.7. The van der Waals surface area contributed by atoms with Gasteiger partial charge in [0.25, 0.3) is 0 Å². The molecule has 17 nitrogen and oxygen atoms in total. The van der Waals surface area contributed by atoms with E-state index in [1.165, 1.54) is 154 Å². The summed E-state index contributed by atoms with van der Waals surface area (Å²) in [5, 5.41) is 10.6. The molecule has 0 aliphatic heterocycles. The molecule has 0 amide bonds. The summed E-state index contributed by atoms with van der Waals surface area (Å²) >= 11 is 0. The normalized spacial score (nSPS) is 14.1. The first-order valence-corrected chi connectivity index (χ1v) is 42.2. The lowest BCUT2D eigenvalue weighted by atomic mass is 10.0. The number of phosphoric ester groups is 2. The van der Waals surface area contributed by atoms with E-state index < -0.39 is 97.5 Å². The van der Waals surface area contributed by atoms with Crippen LogP contribution in [0.4, 0.5) is 0 Å². The highest BCUT2D eigenvalue weighted by Gasteiger charge is 2.30. The Morgan fingerprint density at radius 3 is 0.729 bits per heavy atom. The molecule has 19 heteroatoms. The Balaban J connectivity index is 5.30. The van der Waals surface area contributed by atoms with E-state index >= 15 is 0 Å². The van der Waals surface area contributed by atoms with Crippen LogP contribution in [0.1, 0.15) is 374 Å². The van der Waals surface area contributed by atoms with Crippen molar-refractivity contribution < 1.29 is 80.2 Å². The number of aliphatic hydroxyl groups excluding tert-OH is 1. The number of allylic oxidation sites excluding steroid dienone is 6. The molecule has 0 aliphatic rings. The van der Waals surface area contributed by atoms with Crippen molar-refractivity contribution in [2.45, 2.75) is 393 Å². The molecule has 0 rings (SSSR count). The summed E-state index contributed by atoms with van der Waals surface area (Å²) in [6.07, 6.45) is 65.5. The topological polar surface area (TPSA) is 237 Å². The van der Waals surface area contributed by atoms with Gasteiger partial charge in [0.1, 0.15) is 19.3 Å². The Morgan fingerprint density at radius 2 is 0.479 bits per heavy atom. The molecule has 0 aliphatic carbocycles. The van der Waals surface area contributed by atoms with Crippen LogP contribution in [0.3, 0.4) is 0 Å². The zero-order chi connectivity index (χ0) is 70.4. The summed E-state index contributed by atoms with van der Waals surface area (Å²) in [7, 11) is -9.93. The van der Waals surface area contributed by atoms with Gasteiger partial charge in [-0.3, -0.25) is 37.3 Å². The van der Waals surface area contributed by atoms with Gasteiger partial charge >= 0.3 is 39.5 Å². The Kier molecular flexibility index (Phi) is 68.7. The zero-order valence-electron chi connectivity index (χ0n) is 61.6. The van der Waals surface area contributed by atoms with E-state index in [9.17, 15) is 43.2 Å². The minimum Gasteiger partial charge on any atom is -0.462 e. The van der Waals surface area contributed by atoms with Crippen molar-refractivity contribution in [3.05, 3.63) is 36.5 Å². The first-order valence-electron chi connectivity index (χ1n) is 39.2. The summed E-state index contributed by atoms with van der Waals surface area (Å²) in [6, 6.07) is 0. The van der Waals surface area contributed by atoms with Crippen LogP contribution in [0, 0.1) is 0 Å². The van der Waals surface area contributed by atoms with Crippen molar-refractivity contribution in [2.24, 2.45) is 0 Å². The minimum absolute atomic E-state index is 0.0902. The summed E-state index contributed by atoms with van der Waals surface area (Å²) in [6.45, 7) is 4.89. The quantitative estimate of drug-likeness (QED) is 0.0169. The van der Waals surface area contributed by atoms with E-state index in [0.29, 0.717) is 25.7 Å². The van der Waals surface area contributed by atoms with Gasteiger partial charge in [0.15, 0.2) is 12.2 Å². The lowest BCUT2D eigenvalue weighted by Crippen LogP contribution is -2.30. The zero-order valence-corrected chi connectivity index (χ0v) is 63.4. The van der Waals surface area contributed by atoms with Crippen LogP contribution in [0.25, 0.3) is 0 Å². The SMILES string of the molecule is CCCCCC/C=C\CCCCCCCCCC(=O)OC[C@H](COP(=O)(O)OC[C@@H](O)COP(=O)(O)OC[C@@H](COC(=O)CCCCCCC/C=C\CCCCCC)OC(=O)CCCCCCCCCCCCCCCCC)OC(=O)CCCCCCC/C=C\CCCCCC. The molecule has 0 heterocycles. The molecule has 0 fully saturated rings.